The molecule has 0 aliphatic rings. The van der Waals surface area contributed by atoms with E-state index < -0.39 is 35.1 Å². The third kappa shape index (κ3) is 41.0. The van der Waals surface area contributed by atoms with E-state index in [2.05, 4.69) is 31.1 Å². The van der Waals surface area contributed by atoms with Crippen LogP contribution in [0.1, 0.15) is 282 Å². The first-order valence-corrected chi connectivity index (χ1v) is 28.2. The number of unbranched alkanes of at least 4 members (excludes halogenated alkanes) is 21. The highest BCUT2D eigenvalue weighted by atomic mass is 16.6. The van der Waals surface area contributed by atoms with Crippen molar-refractivity contribution in [3.8, 4) is 0 Å². The first kappa shape index (κ1) is 65.1. The molecule has 4 amide bonds. The molecule has 2 atom stereocenters. The standard InChI is InChI=1S/C57H110N4O7/c1-13-16-18-19-20-21-22-23-24-25-28-31-34-41-49(15-3)50(40-17-14-2)42-35-32-29-26-27-30-33-36-43-51(62)59-48-61(54(65)68-57(10,11)12)46-38-37-45-60(53(64)67-56(7,8)9)47-39-44-58-52(63)66-55(4,5)6/h48-50H,13-47H2,1-12H3,(H,58,63). The van der Waals surface area contributed by atoms with Crippen LogP contribution >= 0.6 is 0 Å². The lowest BCUT2D eigenvalue weighted by molar-refractivity contribution is -0.117. The Balaban J connectivity index is 4.68. The van der Waals surface area contributed by atoms with Gasteiger partial charge in [-0.15, -0.1) is 0 Å². The van der Waals surface area contributed by atoms with Crippen LogP contribution in [0.25, 0.3) is 0 Å². The number of ether oxygens (including phenoxy) is 3. The zero-order valence-corrected chi connectivity index (χ0v) is 46.7. The number of alkyl carbamates (subject to hydrolysis) is 1. The maximum Gasteiger partial charge on any atom is 0.415 e. The largest absolute Gasteiger partial charge is 0.444 e. The fourth-order valence-corrected chi connectivity index (χ4v) is 8.72. The zero-order valence-electron chi connectivity index (χ0n) is 46.7. The van der Waals surface area contributed by atoms with Gasteiger partial charge in [0.1, 0.15) is 23.1 Å². The van der Waals surface area contributed by atoms with E-state index in [9.17, 15) is 19.2 Å². The average molecular weight is 964 g/mol. The van der Waals surface area contributed by atoms with Crippen molar-refractivity contribution in [2.45, 2.75) is 299 Å². The molecular weight excluding hydrogens is 853 g/mol. The highest BCUT2D eigenvalue weighted by molar-refractivity contribution is 5.90. The molecule has 0 fully saturated rings. The highest BCUT2D eigenvalue weighted by Gasteiger charge is 2.24. The van der Waals surface area contributed by atoms with Gasteiger partial charge >= 0.3 is 18.3 Å². The van der Waals surface area contributed by atoms with E-state index in [0.717, 1.165) is 31.1 Å². The Labute approximate surface area is 419 Å². The number of amides is 4. The summed E-state index contributed by atoms with van der Waals surface area (Å²) in [5, 5.41) is 2.73. The summed E-state index contributed by atoms with van der Waals surface area (Å²) in [7, 11) is 0. The van der Waals surface area contributed by atoms with E-state index in [4.69, 9.17) is 14.2 Å². The fraction of sp³-hybridized carbons (Fsp3) is 0.912. The Morgan fingerprint density at radius 1 is 0.471 bits per heavy atom. The molecule has 0 radical (unpaired) electrons. The van der Waals surface area contributed by atoms with Crippen molar-refractivity contribution in [3.05, 3.63) is 0 Å². The van der Waals surface area contributed by atoms with Crippen LogP contribution in [0.3, 0.4) is 0 Å². The van der Waals surface area contributed by atoms with Crippen LogP contribution in [0.2, 0.25) is 0 Å². The third-order valence-corrected chi connectivity index (χ3v) is 12.5. The molecule has 400 valence electrons. The second-order valence-electron chi connectivity index (χ2n) is 22.7. The number of hydrogen-bond donors (Lipinski definition) is 1. The van der Waals surface area contributed by atoms with Gasteiger partial charge in [0.05, 0.1) is 0 Å². The number of nitrogens with one attached hydrogen (secondary N) is 1. The van der Waals surface area contributed by atoms with Crippen molar-refractivity contribution in [1.82, 2.24) is 15.1 Å². The Kier molecular flexibility index (Phi) is 38.2. The third-order valence-electron chi connectivity index (χ3n) is 12.5. The average Bonchev–Trinajstić information content (AvgIpc) is 3.24. The van der Waals surface area contributed by atoms with E-state index in [1.165, 1.54) is 165 Å². The molecule has 0 heterocycles. The van der Waals surface area contributed by atoms with Gasteiger partial charge in [-0.25, -0.2) is 19.4 Å². The van der Waals surface area contributed by atoms with Gasteiger partial charge in [0.25, 0.3) is 0 Å². The second-order valence-corrected chi connectivity index (χ2v) is 22.7. The summed E-state index contributed by atoms with van der Waals surface area (Å²) in [5.74, 6) is 1.55. The van der Waals surface area contributed by atoms with Crippen LogP contribution < -0.4 is 5.32 Å². The van der Waals surface area contributed by atoms with E-state index in [1.54, 1.807) is 46.4 Å². The van der Waals surface area contributed by atoms with Gasteiger partial charge in [-0.3, -0.25) is 9.69 Å². The lowest BCUT2D eigenvalue weighted by Gasteiger charge is -2.28. The summed E-state index contributed by atoms with van der Waals surface area (Å²) in [4.78, 5) is 58.1. The first-order chi connectivity index (χ1) is 32.2. The number of aliphatic imine (C=N–C) groups is 1. The number of nitrogens with zero attached hydrogens (tertiary/aromatic N) is 3. The van der Waals surface area contributed by atoms with E-state index in [0.29, 0.717) is 45.3 Å². The minimum absolute atomic E-state index is 0.244. The van der Waals surface area contributed by atoms with E-state index in [-0.39, 0.29) is 12.5 Å². The molecule has 0 saturated heterocycles. The molecule has 0 aromatic rings. The van der Waals surface area contributed by atoms with Crippen molar-refractivity contribution in [3.63, 3.8) is 0 Å². The summed E-state index contributed by atoms with van der Waals surface area (Å²) in [6, 6.07) is 0. The van der Waals surface area contributed by atoms with Gasteiger partial charge in [0.15, 0.2) is 0 Å². The molecule has 11 nitrogen and oxygen atoms in total. The predicted molar refractivity (Wildman–Crippen MR) is 286 cm³/mol. The number of carbonyl (C=O) groups is 4. The molecule has 0 saturated carbocycles. The molecule has 1 N–H and O–H groups in total. The summed E-state index contributed by atoms with van der Waals surface area (Å²) >= 11 is 0. The zero-order chi connectivity index (χ0) is 51.1. The van der Waals surface area contributed by atoms with Crippen LogP contribution in [0.4, 0.5) is 14.4 Å². The van der Waals surface area contributed by atoms with E-state index >= 15 is 0 Å². The Morgan fingerprint density at radius 2 is 0.882 bits per heavy atom. The van der Waals surface area contributed by atoms with Crippen molar-refractivity contribution >= 4 is 30.5 Å². The maximum atomic E-state index is 13.1. The van der Waals surface area contributed by atoms with Crippen LogP contribution in [0.5, 0.6) is 0 Å². The van der Waals surface area contributed by atoms with Gasteiger partial charge in [0.2, 0.25) is 5.91 Å². The van der Waals surface area contributed by atoms with Crippen molar-refractivity contribution in [2.75, 3.05) is 26.2 Å². The molecule has 68 heavy (non-hydrogen) atoms. The van der Waals surface area contributed by atoms with Crippen LogP contribution in [-0.2, 0) is 19.0 Å². The first-order valence-electron chi connectivity index (χ1n) is 28.2. The van der Waals surface area contributed by atoms with Crippen LogP contribution in [0.15, 0.2) is 4.99 Å². The van der Waals surface area contributed by atoms with E-state index in [1.807, 2.05) is 20.8 Å². The molecule has 0 aromatic carbocycles. The second kappa shape index (κ2) is 39.8. The fourth-order valence-electron chi connectivity index (χ4n) is 8.72. The topological polar surface area (TPSA) is 127 Å². The molecule has 11 heteroatoms. The van der Waals surface area contributed by atoms with Gasteiger partial charge < -0.3 is 24.4 Å². The minimum atomic E-state index is -0.714. The number of rotatable bonds is 40. The molecule has 2 unspecified atom stereocenters. The highest BCUT2D eigenvalue weighted by Crippen LogP contribution is 2.32. The predicted octanol–water partition coefficient (Wildman–Crippen LogP) is 16.9. The minimum Gasteiger partial charge on any atom is -0.444 e. The summed E-state index contributed by atoms with van der Waals surface area (Å²) in [5.41, 5.74) is -1.98. The monoisotopic (exact) mass is 963 g/mol. The summed E-state index contributed by atoms with van der Waals surface area (Å²) in [6.07, 6.45) is 37.9. The van der Waals surface area contributed by atoms with Gasteiger partial charge in [-0.1, -0.05) is 188 Å². The number of carbonyl (C=O) groups excluding carboxylic acids is 4. The molecule has 0 spiro atoms. The molecule has 0 aliphatic carbocycles. The molecule has 0 rings (SSSR count). The SMILES string of the molecule is CCCCCCCCCCCCCCCC(CC)C(CCCC)CCCCCCCCCCC(=O)N=CN(CCCCN(CCCNC(=O)OC(C)(C)C)C(=O)OC(C)(C)C)C(=O)OC(C)(C)C. The van der Waals surface area contributed by atoms with Crippen LogP contribution in [0, 0.1) is 11.8 Å². The molecule has 0 bridgehead atoms. The number of hydrogen-bond acceptors (Lipinski definition) is 7. The quantitative estimate of drug-likeness (QED) is 0.0280. The molecular formula is C57H110N4O7. The lowest BCUT2D eigenvalue weighted by atomic mass is 9.79. The lowest BCUT2D eigenvalue weighted by Crippen LogP contribution is -2.40. The van der Waals surface area contributed by atoms with Crippen LogP contribution in [-0.4, -0.2) is 83.3 Å². The molecule has 0 aromatic heterocycles. The Bertz CT molecular complexity index is 1300. The van der Waals surface area contributed by atoms with Gasteiger partial charge in [-0.2, -0.15) is 0 Å². The normalized spacial score (nSPS) is 13.1. The van der Waals surface area contributed by atoms with Crippen molar-refractivity contribution in [1.29, 1.82) is 0 Å². The smallest absolute Gasteiger partial charge is 0.415 e. The molecule has 0 aliphatic heterocycles. The maximum absolute atomic E-state index is 13.1. The Hall–Kier alpha value is -2.85. The van der Waals surface area contributed by atoms with Crippen molar-refractivity contribution in [2.24, 2.45) is 16.8 Å². The van der Waals surface area contributed by atoms with Gasteiger partial charge in [-0.05, 0) is 99.8 Å². The Morgan fingerprint density at radius 3 is 1.37 bits per heavy atom. The summed E-state index contributed by atoms with van der Waals surface area (Å²) < 4.78 is 16.6. The van der Waals surface area contributed by atoms with Crippen molar-refractivity contribution < 1.29 is 33.4 Å². The summed E-state index contributed by atoms with van der Waals surface area (Å²) in [6.45, 7) is 24.7. The van der Waals surface area contributed by atoms with Gasteiger partial charge in [0, 0.05) is 32.6 Å².